The molecule has 0 saturated carbocycles. The van der Waals surface area contributed by atoms with Crippen molar-refractivity contribution >= 4 is 34.9 Å². The highest BCUT2D eigenvalue weighted by atomic mass is 16.2. The van der Waals surface area contributed by atoms with E-state index < -0.39 is 23.4 Å². The van der Waals surface area contributed by atoms with Gasteiger partial charge in [-0.15, -0.1) is 0 Å². The number of nitrogens with zero attached hydrogens (tertiary/aromatic N) is 2. The fourth-order valence-electron chi connectivity index (χ4n) is 6.12. The second-order valence-electron chi connectivity index (χ2n) is 9.25. The fourth-order valence-corrected chi connectivity index (χ4v) is 6.12. The lowest BCUT2D eigenvalue weighted by Crippen LogP contribution is -2.51. The number of hydrogen-bond acceptors (Lipinski definition) is 5. The average molecular weight is 450 g/mol. The van der Waals surface area contributed by atoms with Gasteiger partial charge in [-0.05, 0) is 55.3 Å². The van der Waals surface area contributed by atoms with Crippen molar-refractivity contribution in [3.05, 3.63) is 95.3 Å². The van der Waals surface area contributed by atoms with Crippen LogP contribution >= 0.6 is 0 Å². The van der Waals surface area contributed by atoms with Crippen molar-refractivity contribution in [1.82, 2.24) is 4.98 Å². The minimum atomic E-state index is -1.26. The van der Waals surface area contributed by atoms with Gasteiger partial charge in [0.2, 0.25) is 5.91 Å². The van der Waals surface area contributed by atoms with E-state index in [1.165, 1.54) is 6.92 Å². The molecule has 1 amide bonds. The zero-order valence-electron chi connectivity index (χ0n) is 18.9. The summed E-state index contributed by atoms with van der Waals surface area (Å²) in [5.74, 6) is -1.66. The van der Waals surface area contributed by atoms with E-state index >= 15 is 0 Å². The van der Waals surface area contributed by atoms with Gasteiger partial charge in [0.05, 0.1) is 18.0 Å². The molecule has 1 spiro atoms. The number of rotatable bonds is 3. The number of anilines is 2. The number of hydrogen-bond donors (Lipinski definition) is 1. The lowest BCUT2D eigenvalue weighted by Gasteiger charge is -2.37. The van der Waals surface area contributed by atoms with E-state index in [9.17, 15) is 14.4 Å². The van der Waals surface area contributed by atoms with Gasteiger partial charge >= 0.3 is 0 Å². The summed E-state index contributed by atoms with van der Waals surface area (Å²) in [7, 11) is 0. The van der Waals surface area contributed by atoms with Gasteiger partial charge in [0, 0.05) is 17.6 Å². The Morgan fingerprint density at radius 2 is 1.85 bits per heavy atom. The van der Waals surface area contributed by atoms with Crippen LogP contribution in [0.15, 0.2) is 72.9 Å². The van der Waals surface area contributed by atoms with E-state index in [1.807, 2.05) is 60.4 Å². The lowest BCUT2D eigenvalue weighted by molar-refractivity contribution is -0.122. The molecular formula is C28H23N3O3. The van der Waals surface area contributed by atoms with Gasteiger partial charge in [0.1, 0.15) is 11.1 Å². The molecule has 0 bridgehead atoms. The molecule has 4 atom stereocenters. The van der Waals surface area contributed by atoms with Crippen LogP contribution < -0.4 is 10.2 Å². The molecule has 6 heteroatoms. The smallest absolute Gasteiger partial charge is 0.238 e. The summed E-state index contributed by atoms with van der Waals surface area (Å²) < 4.78 is 0. The van der Waals surface area contributed by atoms with Crippen LogP contribution in [0.4, 0.5) is 11.4 Å². The first-order valence-corrected chi connectivity index (χ1v) is 11.4. The molecule has 6 nitrogen and oxygen atoms in total. The van der Waals surface area contributed by atoms with E-state index in [0.717, 1.165) is 22.4 Å². The highest BCUT2D eigenvalue weighted by molar-refractivity contribution is 6.16. The molecule has 1 N–H and O–H groups in total. The van der Waals surface area contributed by atoms with Gasteiger partial charge in [-0.3, -0.25) is 19.4 Å². The molecule has 1 saturated heterocycles. The molecule has 4 heterocycles. The summed E-state index contributed by atoms with van der Waals surface area (Å²) >= 11 is 0. The molecule has 0 aliphatic carbocycles. The minimum Gasteiger partial charge on any atom is -0.352 e. The maximum atomic E-state index is 14.1. The summed E-state index contributed by atoms with van der Waals surface area (Å²) in [5, 5.41) is 3.01. The zero-order chi connectivity index (χ0) is 23.6. The third-order valence-corrected chi connectivity index (χ3v) is 7.40. The van der Waals surface area contributed by atoms with Crippen LogP contribution in [0.1, 0.15) is 34.1 Å². The number of carbonyl (C=O) groups is 3. The van der Waals surface area contributed by atoms with Crippen molar-refractivity contribution in [1.29, 1.82) is 0 Å². The molecule has 0 radical (unpaired) electrons. The number of para-hydroxylation sites is 1. The Morgan fingerprint density at radius 1 is 1.06 bits per heavy atom. The second-order valence-corrected chi connectivity index (χ2v) is 9.25. The molecule has 3 aliphatic heterocycles. The van der Waals surface area contributed by atoms with Crippen molar-refractivity contribution in [2.45, 2.75) is 31.3 Å². The SMILES string of the molecule is CC(=O)[C@@H]1[C@H](C(=O)c2ccccn2)[C@]2(C(=O)Nc3ccccc32)[C@@H]2C=Cc3cc(C)ccc3N12. The highest BCUT2D eigenvalue weighted by Gasteiger charge is 2.70. The standard InChI is InChI=1S/C28H23N3O3/c1-16-10-12-22-18(15-16)11-13-23-28(19-7-3-4-8-20(19)30-27(28)34)24(25(17(2)32)31(22)23)26(33)21-9-5-6-14-29-21/h3-15,23-25H,1-2H3,(H,30,34)/t23-,24+,25+,28+/m0/s1. The number of benzene rings is 2. The number of fused-ring (bicyclic) bond motifs is 6. The molecule has 3 aliphatic rings. The summed E-state index contributed by atoms with van der Waals surface area (Å²) in [4.78, 5) is 47.7. The van der Waals surface area contributed by atoms with Gasteiger partial charge in [0.15, 0.2) is 11.6 Å². The van der Waals surface area contributed by atoms with E-state index in [4.69, 9.17) is 0 Å². The normalized spacial score (nSPS) is 26.1. The summed E-state index contributed by atoms with van der Waals surface area (Å²) in [5.41, 5.74) is 3.33. The van der Waals surface area contributed by atoms with E-state index in [2.05, 4.69) is 16.4 Å². The van der Waals surface area contributed by atoms with Gasteiger partial charge in [-0.1, -0.05) is 48.0 Å². The first-order chi connectivity index (χ1) is 16.4. The largest absolute Gasteiger partial charge is 0.352 e. The molecule has 34 heavy (non-hydrogen) atoms. The van der Waals surface area contributed by atoms with Crippen molar-refractivity contribution in [3.8, 4) is 0 Å². The predicted molar refractivity (Wildman–Crippen MR) is 130 cm³/mol. The van der Waals surface area contributed by atoms with Crippen LogP contribution in [0.2, 0.25) is 0 Å². The molecule has 1 aromatic heterocycles. The molecule has 0 unspecified atom stereocenters. The topological polar surface area (TPSA) is 79.4 Å². The lowest BCUT2D eigenvalue weighted by atomic mass is 9.64. The Balaban J connectivity index is 1.67. The molecule has 3 aromatic rings. The first kappa shape index (κ1) is 20.5. The molecular weight excluding hydrogens is 426 g/mol. The zero-order valence-corrected chi connectivity index (χ0v) is 18.9. The number of aromatic nitrogens is 1. The van der Waals surface area contributed by atoms with Crippen molar-refractivity contribution in [3.63, 3.8) is 0 Å². The summed E-state index contributed by atoms with van der Waals surface area (Å²) in [6.45, 7) is 3.52. The monoisotopic (exact) mass is 449 g/mol. The number of Topliss-reactive ketones (excluding diaryl/α,β-unsaturated/α-hetero) is 2. The van der Waals surface area contributed by atoms with Crippen LogP contribution in [-0.4, -0.2) is 34.5 Å². The average Bonchev–Trinajstić information content (AvgIpc) is 3.32. The van der Waals surface area contributed by atoms with Gasteiger partial charge in [-0.2, -0.15) is 0 Å². The van der Waals surface area contributed by atoms with Gasteiger partial charge in [0.25, 0.3) is 0 Å². The summed E-state index contributed by atoms with van der Waals surface area (Å²) in [6.07, 6.45) is 5.54. The molecule has 2 aromatic carbocycles. The Bertz CT molecular complexity index is 1400. The highest BCUT2D eigenvalue weighted by Crippen LogP contribution is 2.57. The number of aryl methyl sites for hydroxylation is 1. The maximum Gasteiger partial charge on any atom is 0.238 e. The van der Waals surface area contributed by atoms with E-state index in [0.29, 0.717) is 5.69 Å². The van der Waals surface area contributed by atoms with Crippen molar-refractivity contribution < 1.29 is 14.4 Å². The van der Waals surface area contributed by atoms with Crippen LogP contribution in [0.25, 0.3) is 6.08 Å². The van der Waals surface area contributed by atoms with Crippen molar-refractivity contribution in [2.24, 2.45) is 5.92 Å². The van der Waals surface area contributed by atoms with Crippen molar-refractivity contribution in [2.75, 3.05) is 10.2 Å². The van der Waals surface area contributed by atoms with E-state index in [1.54, 1.807) is 24.4 Å². The number of amides is 1. The third-order valence-electron chi connectivity index (χ3n) is 7.40. The van der Waals surface area contributed by atoms with Crippen LogP contribution in [-0.2, 0) is 15.0 Å². The van der Waals surface area contributed by atoms with E-state index in [-0.39, 0.29) is 23.2 Å². The number of pyridine rings is 1. The third kappa shape index (κ3) is 2.56. The number of nitrogens with one attached hydrogen (secondary N) is 1. The Hall–Kier alpha value is -4.06. The number of ketones is 2. The first-order valence-electron chi connectivity index (χ1n) is 11.4. The molecule has 168 valence electrons. The maximum absolute atomic E-state index is 14.1. The Kier molecular flexibility index (Phi) is 4.36. The Morgan fingerprint density at radius 3 is 2.62 bits per heavy atom. The fraction of sp³-hybridized carbons (Fsp3) is 0.214. The number of carbonyl (C=O) groups excluding carboxylic acids is 3. The second kappa shape index (κ2) is 7.22. The van der Waals surface area contributed by atoms with Gasteiger partial charge in [-0.25, -0.2) is 0 Å². The van der Waals surface area contributed by atoms with Gasteiger partial charge < -0.3 is 10.2 Å². The quantitative estimate of drug-likeness (QED) is 0.613. The molecule has 6 rings (SSSR count). The molecule has 1 fully saturated rings. The minimum absolute atomic E-state index is 0.157. The summed E-state index contributed by atoms with van der Waals surface area (Å²) in [6, 6.07) is 17.3. The van der Waals surface area contributed by atoms with Crippen LogP contribution in [0, 0.1) is 12.8 Å². The van der Waals surface area contributed by atoms with Crippen LogP contribution in [0.5, 0.6) is 0 Å². The van der Waals surface area contributed by atoms with Crippen LogP contribution in [0.3, 0.4) is 0 Å². The Labute approximate surface area is 197 Å². The predicted octanol–water partition coefficient (Wildman–Crippen LogP) is 3.95.